The van der Waals surface area contributed by atoms with Crippen molar-refractivity contribution in [1.82, 2.24) is 5.32 Å². The predicted octanol–water partition coefficient (Wildman–Crippen LogP) is 5.27. The average Bonchev–Trinajstić information content (AvgIpc) is 2.79. The van der Waals surface area contributed by atoms with Crippen LogP contribution in [-0.4, -0.2) is 13.1 Å². The maximum atomic E-state index is 13.1. The van der Waals surface area contributed by atoms with Crippen LogP contribution in [0.1, 0.15) is 28.7 Å². The number of halogens is 3. The van der Waals surface area contributed by atoms with E-state index in [0.29, 0.717) is 11.8 Å². The number of piperidine rings is 1. The third-order valence-electron chi connectivity index (χ3n) is 3.81. The van der Waals surface area contributed by atoms with Crippen LogP contribution in [0.4, 0.5) is 4.39 Å². The Kier molecular flexibility index (Phi) is 4.60. The highest BCUT2D eigenvalue weighted by molar-refractivity contribution is 9.13. The van der Waals surface area contributed by atoms with Crippen LogP contribution in [-0.2, 0) is 0 Å². The number of benzene rings is 1. The van der Waals surface area contributed by atoms with Gasteiger partial charge in [0.2, 0.25) is 0 Å². The first-order valence-electron chi connectivity index (χ1n) is 6.56. The van der Waals surface area contributed by atoms with Crippen LogP contribution in [0.3, 0.4) is 0 Å². The van der Waals surface area contributed by atoms with Crippen molar-refractivity contribution in [2.75, 3.05) is 13.1 Å². The Morgan fingerprint density at radius 2 is 1.90 bits per heavy atom. The number of nitrogens with one attached hydrogen (secondary N) is 1. The van der Waals surface area contributed by atoms with Gasteiger partial charge in [-0.05, 0) is 68.6 Å². The second kappa shape index (κ2) is 6.26. The highest BCUT2D eigenvalue weighted by Crippen LogP contribution is 2.44. The Labute approximate surface area is 138 Å². The summed E-state index contributed by atoms with van der Waals surface area (Å²) < 4.78 is 15.4. The maximum absolute atomic E-state index is 13.1. The van der Waals surface area contributed by atoms with Gasteiger partial charge in [0.1, 0.15) is 5.82 Å². The highest BCUT2D eigenvalue weighted by atomic mass is 79.9. The van der Waals surface area contributed by atoms with Crippen molar-refractivity contribution in [2.24, 2.45) is 0 Å². The highest BCUT2D eigenvalue weighted by Gasteiger charge is 2.29. The van der Waals surface area contributed by atoms with E-state index in [2.05, 4.69) is 43.2 Å². The van der Waals surface area contributed by atoms with Crippen molar-refractivity contribution in [2.45, 2.75) is 18.3 Å². The molecule has 1 nitrogen and oxygen atoms in total. The standard InChI is InChI=1S/C15H14Br2FNS/c16-13-7-14(20-15(13)17)11-5-6-19-8-12(11)9-1-3-10(18)4-2-9/h1-4,7,11-12,19H,5-6,8H2. The third-order valence-corrected chi connectivity index (χ3v) is 7.20. The molecule has 106 valence electrons. The molecule has 5 heteroatoms. The molecule has 1 N–H and O–H groups in total. The molecule has 1 aromatic heterocycles. The van der Waals surface area contributed by atoms with Gasteiger partial charge in [0.15, 0.2) is 0 Å². The van der Waals surface area contributed by atoms with E-state index in [4.69, 9.17) is 0 Å². The SMILES string of the molecule is Fc1ccc(C2CNCCC2c2cc(Br)c(Br)s2)cc1. The van der Waals surface area contributed by atoms with Gasteiger partial charge in [-0.2, -0.15) is 0 Å². The van der Waals surface area contributed by atoms with Crippen molar-refractivity contribution in [1.29, 1.82) is 0 Å². The quantitative estimate of drug-likeness (QED) is 0.700. The minimum atomic E-state index is -0.171. The summed E-state index contributed by atoms with van der Waals surface area (Å²) in [7, 11) is 0. The molecule has 0 spiro atoms. The van der Waals surface area contributed by atoms with Gasteiger partial charge in [-0.1, -0.05) is 12.1 Å². The molecular formula is C15H14Br2FNS. The number of rotatable bonds is 2. The predicted molar refractivity (Wildman–Crippen MR) is 89.1 cm³/mol. The van der Waals surface area contributed by atoms with E-state index in [0.717, 1.165) is 27.8 Å². The molecule has 1 saturated heterocycles. The van der Waals surface area contributed by atoms with Gasteiger partial charge in [0.05, 0.1) is 3.79 Å². The van der Waals surface area contributed by atoms with Crippen LogP contribution in [0.15, 0.2) is 38.6 Å². The Hall–Kier alpha value is -0.230. The first-order chi connectivity index (χ1) is 9.65. The number of hydrogen-bond donors (Lipinski definition) is 1. The zero-order chi connectivity index (χ0) is 14.1. The van der Waals surface area contributed by atoms with Crippen LogP contribution in [0.5, 0.6) is 0 Å². The molecule has 0 aliphatic carbocycles. The Morgan fingerprint density at radius 1 is 1.15 bits per heavy atom. The van der Waals surface area contributed by atoms with E-state index in [1.54, 1.807) is 23.5 Å². The van der Waals surface area contributed by atoms with Gasteiger partial charge in [-0.15, -0.1) is 11.3 Å². The molecule has 0 amide bonds. The van der Waals surface area contributed by atoms with E-state index in [9.17, 15) is 4.39 Å². The van der Waals surface area contributed by atoms with Crippen molar-refractivity contribution >= 4 is 43.2 Å². The van der Waals surface area contributed by atoms with E-state index in [1.807, 2.05) is 12.1 Å². The van der Waals surface area contributed by atoms with Crippen molar-refractivity contribution in [3.8, 4) is 0 Å². The molecule has 20 heavy (non-hydrogen) atoms. The molecule has 0 bridgehead atoms. The molecule has 3 rings (SSSR count). The molecule has 1 aromatic carbocycles. The van der Waals surface area contributed by atoms with Crippen molar-refractivity contribution in [3.05, 3.63) is 54.8 Å². The van der Waals surface area contributed by atoms with E-state index < -0.39 is 0 Å². The van der Waals surface area contributed by atoms with E-state index in [1.165, 1.54) is 10.4 Å². The summed E-state index contributed by atoms with van der Waals surface area (Å²) in [5, 5.41) is 3.46. The maximum Gasteiger partial charge on any atom is 0.123 e. The molecule has 2 unspecified atom stereocenters. The van der Waals surface area contributed by atoms with Crippen LogP contribution >= 0.6 is 43.2 Å². The zero-order valence-corrected chi connectivity index (χ0v) is 14.7. The van der Waals surface area contributed by atoms with E-state index >= 15 is 0 Å². The summed E-state index contributed by atoms with van der Waals surface area (Å²) in [5.41, 5.74) is 1.21. The fourth-order valence-electron chi connectivity index (χ4n) is 2.81. The summed E-state index contributed by atoms with van der Waals surface area (Å²) in [4.78, 5) is 1.39. The largest absolute Gasteiger partial charge is 0.316 e. The van der Waals surface area contributed by atoms with Crippen LogP contribution in [0.2, 0.25) is 0 Å². The summed E-state index contributed by atoms with van der Waals surface area (Å²) in [6, 6.07) is 9.15. The fourth-order valence-corrected chi connectivity index (χ4v) is 5.10. The lowest BCUT2D eigenvalue weighted by Crippen LogP contribution is -2.33. The molecule has 2 atom stereocenters. The minimum absolute atomic E-state index is 0.171. The second-order valence-electron chi connectivity index (χ2n) is 5.03. The Bertz CT molecular complexity index is 577. The van der Waals surface area contributed by atoms with Crippen molar-refractivity contribution in [3.63, 3.8) is 0 Å². The third kappa shape index (κ3) is 3.01. The normalized spacial score (nSPS) is 22.9. The topological polar surface area (TPSA) is 12.0 Å². The Balaban J connectivity index is 1.92. The van der Waals surface area contributed by atoms with Gasteiger partial charge >= 0.3 is 0 Å². The lowest BCUT2D eigenvalue weighted by molar-refractivity contribution is 0.408. The summed E-state index contributed by atoms with van der Waals surface area (Å²) in [5.74, 6) is 0.729. The molecule has 1 aliphatic heterocycles. The average molecular weight is 419 g/mol. The van der Waals surface area contributed by atoms with E-state index in [-0.39, 0.29) is 5.82 Å². The van der Waals surface area contributed by atoms with Gasteiger partial charge in [0, 0.05) is 27.7 Å². The van der Waals surface area contributed by atoms with Gasteiger partial charge in [-0.3, -0.25) is 0 Å². The van der Waals surface area contributed by atoms with Crippen LogP contribution in [0.25, 0.3) is 0 Å². The fraction of sp³-hybridized carbons (Fsp3) is 0.333. The van der Waals surface area contributed by atoms with Crippen LogP contribution < -0.4 is 5.32 Å². The van der Waals surface area contributed by atoms with Crippen LogP contribution in [0, 0.1) is 5.82 Å². The molecule has 0 saturated carbocycles. The minimum Gasteiger partial charge on any atom is -0.316 e. The summed E-state index contributed by atoms with van der Waals surface area (Å²) in [6.07, 6.45) is 1.11. The molecule has 0 radical (unpaired) electrons. The molecule has 1 fully saturated rings. The first-order valence-corrected chi connectivity index (χ1v) is 8.96. The second-order valence-corrected chi connectivity index (χ2v) is 8.28. The summed E-state index contributed by atoms with van der Waals surface area (Å²) >= 11 is 8.93. The number of thiophene rings is 1. The van der Waals surface area contributed by atoms with Gasteiger partial charge in [-0.25, -0.2) is 4.39 Å². The molecule has 2 heterocycles. The van der Waals surface area contributed by atoms with Gasteiger partial charge in [0.25, 0.3) is 0 Å². The number of hydrogen-bond acceptors (Lipinski definition) is 2. The monoisotopic (exact) mass is 417 g/mol. The Morgan fingerprint density at radius 3 is 2.55 bits per heavy atom. The molecular weight excluding hydrogens is 405 g/mol. The smallest absolute Gasteiger partial charge is 0.123 e. The first kappa shape index (κ1) is 14.7. The lowest BCUT2D eigenvalue weighted by Gasteiger charge is -2.32. The van der Waals surface area contributed by atoms with Gasteiger partial charge < -0.3 is 5.32 Å². The molecule has 2 aromatic rings. The van der Waals surface area contributed by atoms with Crippen molar-refractivity contribution < 1.29 is 4.39 Å². The summed E-state index contributed by atoms with van der Waals surface area (Å²) in [6.45, 7) is 1.99. The lowest BCUT2D eigenvalue weighted by atomic mass is 9.80. The zero-order valence-electron chi connectivity index (χ0n) is 10.7. The molecule has 1 aliphatic rings.